The van der Waals surface area contributed by atoms with Crippen LogP contribution in [0.15, 0.2) is 42.7 Å². The molecular weight excluding hydrogens is 582 g/mol. The first-order valence-corrected chi connectivity index (χ1v) is 16.7. The second kappa shape index (κ2) is 12.5. The standard InChI is InChI=1S/C34H45N9O3/c1-34(2,3)46-33(45)41-14-10-25(11-15-41)40-12-8-23(9-13-40)24-19-36-32(37-20-24)42-16-17-43-26(22-42)21-35-31-29(43)18-28(38-39-31)27-6-4-5-7-30(27)44/h4-7,18-20,23,25-26,44H,8-17,21-22H2,1-3H3,(H,35,39)/t26-/m0/s1. The van der Waals surface area contributed by atoms with Crippen molar-refractivity contribution in [1.82, 2.24) is 30.0 Å². The number of nitrogens with one attached hydrogen (secondary N) is 1. The van der Waals surface area contributed by atoms with E-state index in [9.17, 15) is 9.90 Å². The molecule has 2 N–H and O–H groups in total. The number of rotatable bonds is 4. The molecule has 4 aliphatic heterocycles. The van der Waals surface area contributed by atoms with E-state index in [4.69, 9.17) is 14.7 Å². The molecule has 7 rings (SSSR count). The van der Waals surface area contributed by atoms with Crippen LogP contribution < -0.4 is 15.1 Å². The van der Waals surface area contributed by atoms with Crippen LogP contribution in [-0.2, 0) is 4.74 Å². The Labute approximate surface area is 270 Å². The predicted octanol–water partition coefficient (Wildman–Crippen LogP) is 4.34. The van der Waals surface area contributed by atoms with Gasteiger partial charge in [-0.3, -0.25) is 0 Å². The Morgan fingerprint density at radius 3 is 2.39 bits per heavy atom. The summed E-state index contributed by atoms with van der Waals surface area (Å²) in [4.78, 5) is 31.3. The number of piperidine rings is 2. The molecule has 46 heavy (non-hydrogen) atoms. The lowest BCUT2D eigenvalue weighted by Gasteiger charge is -2.45. The number of amides is 1. The zero-order chi connectivity index (χ0) is 31.8. The van der Waals surface area contributed by atoms with E-state index >= 15 is 0 Å². The van der Waals surface area contributed by atoms with Crippen LogP contribution in [0.3, 0.4) is 0 Å². The fourth-order valence-corrected chi connectivity index (χ4v) is 7.34. The molecule has 0 spiro atoms. The predicted molar refractivity (Wildman–Crippen MR) is 177 cm³/mol. The molecular formula is C34H45N9O3. The van der Waals surface area contributed by atoms with Crippen LogP contribution in [0.1, 0.15) is 57.9 Å². The van der Waals surface area contributed by atoms with E-state index in [-0.39, 0.29) is 17.9 Å². The summed E-state index contributed by atoms with van der Waals surface area (Å²) in [5.74, 6) is 2.24. The molecule has 12 nitrogen and oxygen atoms in total. The number of nitrogens with zero attached hydrogens (tertiary/aromatic N) is 8. The van der Waals surface area contributed by atoms with Crippen molar-refractivity contribution in [3.05, 3.63) is 48.3 Å². The van der Waals surface area contributed by atoms with E-state index in [1.54, 1.807) is 12.1 Å². The highest BCUT2D eigenvalue weighted by Gasteiger charge is 2.35. The Balaban J connectivity index is 0.917. The molecule has 3 fully saturated rings. The van der Waals surface area contributed by atoms with Gasteiger partial charge in [0.05, 0.1) is 17.4 Å². The largest absolute Gasteiger partial charge is 0.507 e. The van der Waals surface area contributed by atoms with Crippen LogP contribution in [-0.4, -0.2) is 111 Å². The van der Waals surface area contributed by atoms with Gasteiger partial charge in [0.25, 0.3) is 0 Å². The highest BCUT2D eigenvalue weighted by atomic mass is 16.6. The summed E-state index contributed by atoms with van der Waals surface area (Å²) in [6.45, 7) is 12.6. The maximum Gasteiger partial charge on any atom is 0.410 e. The van der Waals surface area contributed by atoms with Gasteiger partial charge in [0.2, 0.25) is 5.95 Å². The van der Waals surface area contributed by atoms with Gasteiger partial charge in [-0.25, -0.2) is 14.8 Å². The molecule has 4 aliphatic rings. The molecule has 0 aliphatic carbocycles. The summed E-state index contributed by atoms with van der Waals surface area (Å²) in [5.41, 5.74) is 3.13. The van der Waals surface area contributed by atoms with Gasteiger partial charge in [-0.1, -0.05) is 12.1 Å². The van der Waals surface area contributed by atoms with Gasteiger partial charge in [0.15, 0.2) is 5.82 Å². The highest BCUT2D eigenvalue weighted by Crippen LogP contribution is 2.37. The van der Waals surface area contributed by atoms with Crippen LogP contribution >= 0.6 is 0 Å². The minimum Gasteiger partial charge on any atom is -0.507 e. The van der Waals surface area contributed by atoms with Crippen molar-refractivity contribution in [2.24, 2.45) is 0 Å². The number of carbonyl (C=O) groups excluding carboxylic acids is 1. The van der Waals surface area contributed by atoms with Gasteiger partial charge >= 0.3 is 6.09 Å². The molecule has 0 unspecified atom stereocenters. The van der Waals surface area contributed by atoms with Gasteiger partial charge in [0, 0.05) is 63.3 Å². The minimum atomic E-state index is -0.455. The van der Waals surface area contributed by atoms with Crippen LogP contribution in [0, 0.1) is 0 Å². The molecule has 3 aromatic rings. The monoisotopic (exact) mass is 627 g/mol. The number of fused-ring (bicyclic) bond motifs is 3. The smallest absolute Gasteiger partial charge is 0.410 e. The summed E-state index contributed by atoms with van der Waals surface area (Å²) in [6.07, 6.45) is 8.10. The summed E-state index contributed by atoms with van der Waals surface area (Å²) in [7, 11) is 0. The SMILES string of the molecule is CC(C)(C)OC(=O)N1CCC(N2CCC(c3cnc(N4CCN5c6cc(-c7ccccc7O)nnc6NC[C@H]5C4)nc3)CC2)CC1. The van der Waals surface area contributed by atoms with Gasteiger partial charge in [-0.05, 0) is 89.2 Å². The lowest BCUT2D eigenvalue weighted by molar-refractivity contribution is 0.0127. The molecule has 0 bridgehead atoms. The molecule has 1 aromatic carbocycles. The van der Waals surface area contributed by atoms with Crippen LogP contribution in [0.2, 0.25) is 0 Å². The first-order valence-electron chi connectivity index (χ1n) is 16.7. The molecule has 244 valence electrons. The third-order valence-corrected chi connectivity index (χ3v) is 9.83. The average molecular weight is 628 g/mol. The molecule has 1 amide bonds. The average Bonchev–Trinajstić information content (AvgIpc) is 3.07. The summed E-state index contributed by atoms with van der Waals surface area (Å²) in [5, 5.41) is 22.6. The Bertz CT molecular complexity index is 1530. The van der Waals surface area contributed by atoms with Crippen LogP contribution in [0.25, 0.3) is 11.3 Å². The Hall–Kier alpha value is -4.19. The summed E-state index contributed by atoms with van der Waals surface area (Å²) in [6, 6.07) is 10.0. The molecule has 3 saturated heterocycles. The normalized spacial score (nSPS) is 21.4. The topological polar surface area (TPSA) is 123 Å². The van der Waals surface area contributed by atoms with Gasteiger partial charge in [-0.2, -0.15) is 0 Å². The number of piperazine rings is 1. The van der Waals surface area contributed by atoms with E-state index in [1.807, 2.05) is 56.3 Å². The molecule has 2 aromatic heterocycles. The Kier molecular flexibility index (Phi) is 8.31. The van der Waals surface area contributed by atoms with Crippen molar-refractivity contribution in [1.29, 1.82) is 0 Å². The number of benzene rings is 1. The van der Waals surface area contributed by atoms with Crippen molar-refractivity contribution >= 4 is 23.5 Å². The molecule has 1 atom stereocenters. The number of anilines is 3. The fraction of sp³-hybridized carbons (Fsp3) is 0.559. The third-order valence-electron chi connectivity index (χ3n) is 9.83. The zero-order valence-corrected chi connectivity index (χ0v) is 27.1. The number of para-hydroxylation sites is 1. The second-order valence-corrected chi connectivity index (χ2v) is 14.0. The van der Waals surface area contributed by atoms with Crippen LogP contribution in [0.5, 0.6) is 5.75 Å². The summed E-state index contributed by atoms with van der Waals surface area (Å²) >= 11 is 0. The molecule has 6 heterocycles. The lowest BCUT2D eigenvalue weighted by Crippen LogP contribution is -2.58. The van der Waals surface area contributed by atoms with E-state index in [1.165, 1.54) is 5.56 Å². The number of carbonyl (C=O) groups is 1. The van der Waals surface area contributed by atoms with E-state index in [2.05, 4.69) is 30.2 Å². The number of phenols is 1. The number of ether oxygens (including phenoxy) is 1. The van der Waals surface area contributed by atoms with E-state index in [0.29, 0.717) is 23.2 Å². The van der Waals surface area contributed by atoms with Crippen molar-refractivity contribution in [2.75, 3.05) is 67.5 Å². The van der Waals surface area contributed by atoms with Crippen molar-refractivity contribution in [2.45, 2.75) is 70.1 Å². The van der Waals surface area contributed by atoms with Crippen molar-refractivity contribution in [3.8, 4) is 17.0 Å². The highest BCUT2D eigenvalue weighted by molar-refractivity contribution is 5.76. The van der Waals surface area contributed by atoms with Crippen molar-refractivity contribution < 1.29 is 14.6 Å². The lowest BCUT2D eigenvalue weighted by atomic mass is 9.89. The molecule has 12 heteroatoms. The number of likely N-dealkylation sites (tertiary alicyclic amines) is 2. The van der Waals surface area contributed by atoms with Crippen molar-refractivity contribution in [3.63, 3.8) is 0 Å². The van der Waals surface area contributed by atoms with Gasteiger partial charge in [0.1, 0.15) is 11.4 Å². The maximum absolute atomic E-state index is 12.5. The number of hydrogen-bond donors (Lipinski definition) is 2. The maximum atomic E-state index is 12.5. The second-order valence-electron chi connectivity index (χ2n) is 14.0. The molecule has 0 radical (unpaired) electrons. The number of aromatic hydroxyl groups is 1. The number of phenolic OH excluding ortho intramolecular Hbond substituents is 1. The Morgan fingerprint density at radius 1 is 0.935 bits per heavy atom. The zero-order valence-electron chi connectivity index (χ0n) is 27.1. The first kappa shape index (κ1) is 30.5. The quantitative estimate of drug-likeness (QED) is 0.430. The van der Waals surface area contributed by atoms with Gasteiger partial charge < -0.3 is 34.8 Å². The Morgan fingerprint density at radius 2 is 1.67 bits per heavy atom. The van der Waals surface area contributed by atoms with E-state index < -0.39 is 5.60 Å². The number of aromatic nitrogens is 4. The van der Waals surface area contributed by atoms with E-state index in [0.717, 1.165) is 95.5 Å². The van der Waals surface area contributed by atoms with Crippen LogP contribution in [0.4, 0.5) is 22.2 Å². The third kappa shape index (κ3) is 6.40. The molecule has 0 saturated carbocycles. The summed E-state index contributed by atoms with van der Waals surface area (Å²) < 4.78 is 5.57. The number of hydrogen-bond acceptors (Lipinski definition) is 11. The fourth-order valence-electron chi connectivity index (χ4n) is 7.34. The minimum absolute atomic E-state index is 0.190. The van der Waals surface area contributed by atoms with Gasteiger partial charge in [-0.15, -0.1) is 10.2 Å². The first-order chi connectivity index (χ1) is 22.2.